The van der Waals surface area contributed by atoms with Gasteiger partial charge in [0.1, 0.15) is 0 Å². The van der Waals surface area contributed by atoms with Crippen LogP contribution in [0.1, 0.15) is 25.3 Å². The second-order valence-corrected chi connectivity index (χ2v) is 5.37. The first-order valence-electron chi connectivity index (χ1n) is 4.75. The van der Waals surface area contributed by atoms with E-state index in [0.29, 0.717) is 5.92 Å². The fourth-order valence-corrected chi connectivity index (χ4v) is 2.94. The largest absolute Gasteiger partial charge is 0.423 e. The minimum Gasteiger partial charge on any atom is -0.393 e. The molecular weight excluding hydrogens is 192 g/mol. The summed E-state index contributed by atoms with van der Waals surface area (Å²) in [6.45, 7) is 4.37. The molecule has 0 aliphatic carbocycles. The lowest BCUT2D eigenvalue weighted by atomic mass is 10.0. The summed E-state index contributed by atoms with van der Waals surface area (Å²) >= 11 is 0. The molecule has 14 heavy (non-hydrogen) atoms. The summed E-state index contributed by atoms with van der Waals surface area (Å²) < 4.78 is 10.7. The Labute approximate surface area is 87.7 Å². The molecular formula is C11H17O2Si. The zero-order valence-electron chi connectivity index (χ0n) is 9.20. The monoisotopic (exact) mass is 209 g/mol. The molecule has 1 aromatic carbocycles. The lowest BCUT2D eigenvalue weighted by Crippen LogP contribution is -2.37. The van der Waals surface area contributed by atoms with Gasteiger partial charge in [0.15, 0.2) is 0 Å². The fraction of sp³-hybridized carbons (Fsp3) is 0.455. The van der Waals surface area contributed by atoms with Gasteiger partial charge in [0.05, 0.1) is 0 Å². The molecule has 0 saturated carbocycles. The van der Waals surface area contributed by atoms with E-state index >= 15 is 0 Å². The molecule has 0 spiro atoms. The summed E-state index contributed by atoms with van der Waals surface area (Å²) in [6, 6.07) is 8.33. The normalized spacial score (nSPS) is 11.3. The van der Waals surface area contributed by atoms with E-state index in [1.165, 1.54) is 10.8 Å². The minimum absolute atomic E-state index is 0.511. The van der Waals surface area contributed by atoms with Gasteiger partial charge >= 0.3 is 9.28 Å². The highest BCUT2D eigenvalue weighted by Gasteiger charge is 2.20. The van der Waals surface area contributed by atoms with Gasteiger partial charge in [-0.25, -0.2) is 0 Å². The molecule has 77 valence electrons. The Bertz CT molecular complexity index is 282. The van der Waals surface area contributed by atoms with Gasteiger partial charge in [0, 0.05) is 14.2 Å². The average molecular weight is 209 g/mol. The van der Waals surface area contributed by atoms with Crippen LogP contribution in [0.25, 0.3) is 0 Å². The zero-order chi connectivity index (χ0) is 10.6. The SMILES string of the molecule is CO[Si](OC)c1ccccc1C(C)C. The van der Waals surface area contributed by atoms with Crippen LogP contribution in [0.15, 0.2) is 24.3 Å². The molecule has 1 rings (SSSR count). The van der Waals surface area contributed by atoms with E-state index in [1.807, 2.05) is 6.07 Å². The lowest BCUT2D eigenvalue weighted by Gasteiger charge is -2.16. The molecule has 0 heterocycles. The fourth-order valence-electron chi connectivity index (χ4n) is 1.49. The Morgan fingerprint density at radius 2 is 1.64 bits per heavy atom. The van der Waals surface area contributed by atoms with Crippen molar-refractivity contribution in [2.24, 2.45) is 0 Å². The number of rotatable bonds is 4. The predicted octanol–water partition coefficient (Wildman–Crippen LogP) is 1.80. The first-order chi connectivity index (χ1) is 6.70. The third-order valence-electron chi connectivity index (χ3n) is 2.17. The molecule has 0 saturated heterocycles. The van der Waals surface area contributed by atoms with E-state index in [9.17, 15) is 0 Å². The Hall–Kier alpha value is -0.643. The van der Waals surface area contributed by atoms with Crippen LogP contribution >= 0.6 is 0 Å². The van der Waals surface area contributed by atoms with Crippen LogP contribution in [0.2, 0.25) is 0 Å². The van der Waals surface area contributed by atoms with Gasteiger partial charge < -0.3 is 8.85 Å². The van der Waals surface area contributed by atoms with Crippen molar-refractivity contribution in [2.75, 3.05) is 14.2 Å². The van der Waals surface area contributed by atoms with Crippen LogP contribution in [-0.4, -0.2) is 23.5 Å². The van der Waals surface area contributed by atoms with Crippen LogP contribution in [0.5, 0.6) is 0 Å². The number of hydrogen-bond donors (Lipinski definition) is 0. The average Bonchev–Trinajstić information content (AvgIpc) is 2.20. The highest BCUT2D eigenvalue weighted by Crippen LogP contribution is 2.12. The smallest absolute Gasteiger partial charge is 0.393 e. The molecule has 2 nitrogen and oxygen atoms in total. The molecule has 0 bridgehead atoms. The van der Waals surface area contributed by atoms with Crippen molar-refractivity contribution in [1.82, 2.24) is 0 Å². The Kier molecular flexibility index (Phi) is 4.32. The molecule has 3 heteroatoms. The summed E-state index contributed by atoms with van der Waals surface area (Å²) in [5, 5.41) is 1.22. The van der Waals surface area contributed by atoms with Crippen LogP contribution < -0.4 is 5.19 Å². The molecule has 0 aliphatic rings. The third kappa shape index (κ3) is 2.44. The van der Waals surface area contributed by atoms with Crippen LogP contribution in [-0.2, 0) is 8.85 Å². The summed E-state index contributed by atoms with van der Waals surface area (Å²) in [5.74, 6) is 0.511. The van der Waals surface area contributed by atoms with Gasteiger partial charge in [-0.1, -0.05) is 38.1 Å². The van der Waals surface area contributed by atoms with Gasteiger partial charge in [0.2, 0.25) is 0 Å². The lowest BCUT2D eigenvalue weighted by molar-refractivity contribution is 0.291. The molecule has 1 aromatic rings. The second-order valence-electron chi connectivity index (χ2n) is 3.44. The van der Waals surface area contributed by atoms with Crippen molar-refractivity contribution in [1.29, 1.82) is 0 Å². The maximum Gasteiger partial charge on any atom is 0.423 e. The molecule has 1 radical (unpaired) electrons. The van der Waals surface area contributed by atoms with Crippen LogP contribution in [0.3, 0.4) is 0 Å². The topological polar surface area (TPSA) is 18.5 Å². The van der Waals surface area contributed by atoms with E-state index < -0.39 is 9.28 Å². The van der Waals surface area contributed by atoms with Gasteiger partial charge in [-0.05, 0) is 16.7 Å². The molecule has 0 atom stereocenters. The van der Waals surface area contributed by atoms with E-state index in [2.05, 4.69) is 32.0 Å². The number of benzene rings is 1. The van der Waals surface area contributed by atoms with Crippen molar-refractivity contribution >= 4 is 14.5 Å². The highest BCUT2D eigenvalue weighted by atomic mass is 28.3. The zero-order valence-corrected chi connectivity index (χ0v) is 10.2. The maximum absolute atomic E-state index is 5.36. The first-order valence-corrected chi connectivity index (χ1v) is 6.06. The quantitative estimate of drug-likeness (QED) is 0.704. The van der Waals surface area contributed by atoms with Crippen molar-refractivity contribution in [3.8, 4) is 0 Å². The molecule has 0 N–H and O–H groups in total. The minimum atomic E-state index is -1.28. The Morgan fingerprint density at radius 1 is 1.07 bits per heavy atom. The number of hydrogen-bond acceptors (Lipinski definition) is 2. The van der Waals surface area contributed by atoms with Crippen molar-refractivity contribution in [3.05, 3.63) is 29.8 Å². The summed E-state index contributed by atoms with van der Waals surface area (Å²) in [6.07, 6.45) is 0. The Morgan fingerprint density at radius 3 is 2.14 bits per heavy atom. The van der Waals surface area contributed by atoms with Gasteiger partial charge in [-0.3, -0.25) is 0 Å². The Balaban J connectivity index is 3.05. The van der Waals surface area contributed by atoms with Crippen LogP contribution in [0, 0.1) is 0 Å². The predicted molar refractivity (Wildman–Crippen MR) is 59.9 cm³/mol. The van der Waals surface area contributed by atoms with E-state index in [0.717, 1.165) is 0 Å². The van der Waals surface area contributed by atoms with Crippen molar-refractivity contribution in [3.63, 3.8) is 0 Å². The summed E-state index contributed by atoms with van der Waals surface area (Å²) in [7, 11) is 2.13. The van der Waals surface area contributed by atoms with Gasteiger partial charge in [-0.2, -0.15) is 0 Å². The van der Waals surface area contributed by atoms with E-state index in [1.54, 1.807) is 14.2 Å². The van der Waals surface area contributed by atoms with Crippen molar-refractivity contribution in [2.45, 2.75) is 19.8 Å². The van der Waals surface area contributed by atoms with Crippen LogP contribution in [0.4, 0.5) is 0 Å². The molecule has 0 fully saturated rings. The summed E-state index contributed by atoms with van der Waals surface area (Å²) in [4.78, 5) is 0. The summed E-state index contributed by atoms with van der Waals surface area (Å²) in [5.41, 5.74) is 1.32. The second kappa shape index (κ2) is 5.29. The molecule has 0 aliphatic heterocycles. The standard InChI is InChI=1S/C11H17O2Si/c1-9(2)10-7-5-6-8-11(10)14(12-3)13-4/h5-9H,1-4H3. The molecule has 0 aromatic heterocycles. The first kappa shape index (κ1) is 11.4. The van der Waals surface area contributed by atoms with Gasteiger partial charge in [0.25, 0.3) is 0 Å². The molecule has 0 unspecified atom stereocenters. The van der Waals surface area contributed by atoms with E-state index in [4.69, 9.17) is 8.85 Å². The van der Waals surface area contributed by atoms with Crippen molar-refractivity contribution < 1.29 is 8.85 Å². The molecule has 0 amide bonds. The van der Waals surface area contributed by atoms with E-state index in [-0.39, 0.29) is 0 Å². The maximum atomic E-state index is 5.36. The third-order valence-corrected chi connectivity index (χ3v) is 3.81. The van der Waals surface area contributed by atoms with Gasteiger partial charge in [-0.15, -0.1) is 0 Å². The highest BCUT2D eigenvalue weighted by molar-refractivity contribution is 6.61.